The first-order chi connectivity index (χ1) is 15.6. The van der Waals surface area contributed by atoms with Crippen LogP contribution >= 0.6 is 0 Å². The third-order valence-electron chi connectivity index (χ3n) is 5.82. The third kappa shape index (κ3) is 4.69. The summed E-state index contributed by atoms with van der Waals surface area (Å²) in [6.45, 7) is 1.41. The largest absolute Gasteiger partial charge is 0.497 e. The number of rotatable bonds is 6. The van der Waals surface area contributed by atoms with Gasteiger partial charge < -0.3 is 24.6 Å². The minimum absolute atomic E-state index is 0.0741. The molecule has 0 aromatic heterocycles. The Balaban J connectivity index is 1.33. The van der Waals surface area contributed by atoms with Gasteiger partial charge in [-0.15, -0.1) is 0 Å². The van der Waals surface area contributed by atoms with Gasteiger partial charge in [-0.05, 0) is 49.2 Å². The van der Waals surface area contributed by atoms with Crippen LogP contribution in [0.15, 0.2) is 48.5 Å². The lowest BCUT2D eigenvalue weighted by Crippen LogP contribution is -2.44. The fourth-order valence-corrected chi connectivity index (χ4v) is 4.16. The molecule has 168 valence electrons. The van der Waals surface area contributed by atoms with Crippen molar-refractivity contribution < 1.29 is 23.9 Å². The minimum Gasteiger partial charge on any atom is -0.497 e. The lowest BCUT2D eigenvalue weighted by Gasteiger charge is -2.30. The number of fused-ring (bicyclic) bond motifs is 1. The molecule has 3 amide bonds. The van der Waals surface area contributed by atoms with Crippen LogP contribution in [0.25, 0.3) is 0 Å². The average Bonchev–Trinajstić information content (AvgIpc) is 3.33. The zero-order valence-electron chi connectivity index (χ0n) is 18.1. The first-order valence-corrected chi connectivity index (χ1v) is 10.8. The van der Waals surface area contributed by atoms with Crippen LogP contribution in [0.1, 0.15) is 25.7 Å². The predicted molar refractivity (Wildman–Crippen MR) is 120 cm³/mol. The summed E-state index contributed by atoms with van der Waals surface area (Å²) in [6, 6.07) is 13.9. The molecule has 0 aliphatic carbocycles. The molecule has 2 heterocycles. The standard InChI is InChI=1S/C24H27N3O5/c1-31-18-10-8-17(9-11-18)25-24(30)20-6-4-14-26(20)22(28)12-13-23(29)27-15-16-32-21-7-3-2-5-19(21)27/h2-3,5,7-11,20H,4,6,12-16H2,1H3,(H,25,30). The van der Waals surface area contributed by atoms with E-state index in [2.05, 4.69) is 5.32 Å². The average molecular weight is 437 g/mol. The molecule has 8 nitrogen and oxygen atoms in total. The normalized spacial score (nSPS) is 17.3. The molecule has 1 saturated heterocycles. The number of likely N-dealkylation sites (tertiary alicyclic amines) is 1. The first-order valence-electron chi connectivity index (χ1n) is 10.8. The van der Waals surface area contributed by atoms with Crippen molar-refractivity contribution in [2.75, 3.05) is 37.0 Å². The van der Waals surface area contributed by atoms with Gasteiger partial charge in [-0.2, -0.15) is 0 Å². The summed E-state index contributed by atoms with van der Waals surface area (Å²) >= 11 is 0. The van der Waals surface area contributed by atoms with Gasteiger partial charge in [0.1, 0.15) is 24.1 Å². The Kier molecular flexibility index (Phi) is 6.58. The molecule has 2 aliphatic heterocycles. The molecule has 1 fully saturated rings. The molecule has 0 radical (unpaired) electrons. The molecule has 4 rings (SSSR count). The number of hydrogen-bond donors (Lipinski definition) is 1. The van der Waals surface area contributed by atoms with Crippen molar-refractivity contribution >= 4 is 29.1 Å². The van der Waals surface area contributed by atoms with Crippen molar-refractivity contribution in [3.63, 3.8) is 0 Å². The van der Waals surface area contributed by atoms with Crippen molar-refractivity contribution in [1.29, 1.82) is 0 Å². The van der Waals surface area contributed by atoms with E-state index in [1.807, 2.05) is 24.3 Å². The summed E-state index contributed by atoms with van der Waals surface area (Å²) in [7, 11) is 1.58. The van der Waals surface area contributed by atoms with Crippen LogP contribution in [0.4, 0.5) is 11.4 Å². The molecule has 0 spiro atoms. The molecule has 2 aromatic carbocycles. The number of ether oxygens (including phenoxy) is 2. The van der Waals surface area contributed by atoms with Crippen LogP contribution in [0, 0.1) is 0 Å². The zero-order valence-corrected chi connectivity index (χ0v) is 18.1. The second-order valence-corrected chi connectivity index (χ2v) is 7.82. The highest BCUT2D eigenvalue weighted by Gasteiger charge is 2.34. The van der Waals surface area contributed by atoms with Gasteiger partial charge in [-0.3, -0.25) is 14.4 Å². The number of amides is 3. The molecule has 0 bridgehead atoms. The molecule has 32 heavy (non-hydrogen) atoms. The van der Waals surface area contributed by atoms with E-state index >= 15 is 0 Å². The van der Waals surface area contributed by atoms with Crippen LogP contribution < -0.4 is 19.7 Å². The molecular formula is C24H27N3O5. The molecule has 0 saturated carbocycles. The molecule has 1 unspecified atom stereocenters. The number of methoxy groups -OCH3 is 1. The summed E-state index contributed by atoms with van der Waals surface area (Å²) in [6.07, 6.45) is 1.54. The Labute approximate surface area is 187 Å². The quantitative estimate of drug-likeness (QED) is 0.751. The van der Waals surface area contributed by atoms with Gasteiger partial charge in [0.25, 0.3) is 0 Å². The molecular weight excluding hydrogens is 410 g/mol. The smallest absolute Gasteiger partial charge is 0.247 e. The van der Waals surface area contributed by atoms with Crippen LogP contribution in [-0.2, 0) is 14.4 Å². The predicted octanol–water partition coefficient (Wildman–Crippen LogP) is 2.83. The van der Waals surface area contributed by atoms with Crippen molar-refractivity contribution in [2.24, 2.45) is 0 Å². The zero-order chi connectivity index (χ0) is 22.5. The maximum atomic E-state index is 12.9. The number of benzene rings is 2. The summed E-state index contributed by atoms with van der Waals surface area (Å²) in [5.41, 5.74) is 1.38. The van der Waals surface area contributed by atoms with E-state index in [0.717, 1.165) is 12.1 Å². The van der Waals surface area contributed by atoms with E-state index in [0.29, 0.717) is 43.3 Å². The van der Waals surface area contributed by atoms with Gasteiger partial charge >= 0.3 is 0 Å². The van der Waals surface area contributed by atoms with Crippen molar-refractivity contribution in [3.05, 3.63) is 48.5 Å². The second kappa shape index (κ2) is 9.72. The molecule has 1 N–H and O–H groups in total. The number of carbonyl (C=O) groups excluding carboxylic acids is 3. The lowest BCUT2D eigenvalue weighted by molar-refractivity contribution is -0.137. The van der Waals surface area contributed by atoms with Gasteiger partial charge in [0.15, 0.2) is 0 Å². The Morgan fingerprint density at radius 2 is 1.78 bits per heavy atom. The summed E-state index contributed by atoms with van der Waals surface area (Å²) in [5.74, 6) is 0.871. The van der Waals surface area contributed by atoms with E-state index in [4.69, 9.17) is 9.47 Å². The van der Waals surface area contributed by atoms with Crippen LogP contribution in [0.2, 0.25) is 0 Å². The van der Waals surface area contributed by atoms with Crippen LogP contribution in [0.3, 0.4) is 0 Å². The monoisotopic (exact) mass is 437 g/mol. The number of anilines is 2. The fourth-order valence-electron chi connectivity index (χ4n) is 4.16. The van der Waals surface area contributed by atoms with Crippen molar-refractivity contribution in [1.82, 2.24) is 4.90 Å². The maximum Gasteiger partial charge on any atom is 0.247 e. The Morgan fingerprint density at radius 1 is 1.03 bits per heavy atom. The van der Waals surface area contributed by atoms with Crippen LogP contribution in [-0.4, -0.2) is 55.5 Å². The topological polar surface area (TPSA) is 88.2 Å². The van der Waals surface area contributed by atoms with Gasteiger partial charge in [0, 0.05) is 25.1 Å². The van der Waals surface area contributed by atoms with Gasteiger partial charge in [0.2, 0.25) is 17.7 Å². The van der Waals surface area contributed by atoms with E-state index in [1.165, 1.54) is 0 Å². The minimum atomic E-state index is -0.524. The maximum absolute atomic E-state index is 12.9. The second-order valence-electron chi connectivity index (χ2n) is 7.82. The summed E-state index contributed by atoms with van der Waals surface area (Å²) in [5, 5.41) is 2.87. The summed E-state index contributed by atoms with van der Waals surface area (Å²) in [4.78, 5) is 41.7. The highest BCUT2D eigenvalue weighted by molar-refractivity contribution is 5.99. The Morgan fingerprint density at radius 3 is 2.56 bits per heavy atom. The SMILES string of the molecule is COc1ccc(NC(=O)C2CCCN2C(=O)CCC(=O)N2CCOc3ccccc32)cc1. The highest BCUT2D eigenvalue weighted by atomic mass is 16.5. The van der Waals surface area contributed by atoms with E-state index < -0.39 is 6.04 Å². The van der Waals surface area contributed by atoms with Crippen molar-refractivity contribution in [2.45, 2.75) is 31.7 Å². The number of nitrogens with one attached hydrogen (secondary N) is 1. The van der Waals surface area contributed by atoms with Gasteiger partial charge in [0.05, 0.1) is 19.3 Å². The van der Waals surface area contributed by atoms with E-state index in [9.17, 15) is 14.4 Å². The Bertz CT molecular complexity index is 991. The fraction of sp³-hybridized carbons (Fsp3) is 0.375. The van der Waals surface area contributed by atoms with E-state index in [1.54, 1.807) is 41.2 Å². The van der Waals surface area contributed by atoms with Crippen LogP contribution in [0.5, 0.6) is 11.5 Å². The van der Waals surface area contributed by atoms with Crippen molar-refractivity contribution in [3.8, 4) is 11.5 Å². The first kappa shape index (κ1) is 21.7. The number of nitrogens with zero attached hydrogens (tertiary/aromatic N) is 2. The Hall–Kier alpha value is -3.55. The third-order valence-corrected chi connectivity index (χ3v) is 5.82. The molecule has 2 aromatic rings. The molecule has 1 atom stereocenters. The molecule has 2 aliphatic rings. The van der Waals surface area contributed by atoms with Gasteiger partial charge in [-0.25, -0.2) is 0 Å². The summed E-state index contributed by atoms with van der Waals surface area (Å²) < 4.78 is 10.7. The number of carbonyl (C=O) groups is 3. The van der Waals surface area contributed by atoms with Gasteiger partial charge in [-0.1, -0.05) is 12.1 Å². The molecule has 8 heteroatoms. The van der Waals surface area contributed by atoms with E-state index in [-0.39, 0.29) is 30.6 Å². The number of para-hydroxylation sites is 2. The lowest BCUT2D eigenvalue weighted by atomic mass is 10.1. The number of hydrogen-bond acceptors (Lipinski definition) is 5. The highest BCUT2D eigenvalue weighted by Crippen LogP contribution is 2.31.